The molecule has 0 unspecified atom stereocenters. The second-order valence-electron chi connectivity index (χ2n) is 9.16. The molecular formula is C25H28F5N5O3. The van der Waals surface area contributed by atoms with Gasteiger partial charge >= 0.3 is 12.2 Å². The number of carbonyl (C=O) groups excluding carboxylic acids is 3. The van der Waals surface area contributed by atoms with Gasteiger partial charge in [0.2, 0.25) is 0 Å². The van der Waals surface area contributed by atoms with E-state index in [0.717, 1.165) is 18.9 Å². The molecule has 1 aromatic carbocycles. The fourth-order valence-electron chi connectivity index (χ4n) is 4.35. The zero-order valence-corrected chi connectivity index (χ0v) is 21.2. The largest absolute Gasteiger partial charge is 0.416 e. The minimum Gasteiger partial charge on any atom is -0.333 e. The molecule has 1 aliphatic rings. The van der Waals surface area contributed by atoms with Crippen LogP contribution in [0.2, 0.25) is 0 Å². The molecule has 3 rings (SSSR count). The van der Waals surface area contributed by atoms with E-state index in [0.29, 0.717) is 17.1 Å². The molecule has 3 atom stereocenters. The number of rotatable bonds is 5. The molecule has 1 fully saturated rings. The van der Waals surface area contributed by atoms with E-state index in [-0.39, 0.29) is 41.9 Å². The van der Waals surface area contributed by atoms with Crippen molar-refractivity contribution in [3.8, 4) is 0 Å². The van der Waals surface area contributed by atoms with Crippen molar-refractivity contribution in [3.63, 3.8) is 0 Å². The van der Waals surface area contributed by atoms with E-state index in [2.05, 4.69) is 15.7 Å². The van der Waals surface area contributed by atoms with Gasteiger partial charge in [0.15, 0.2) is 0 Å². The van der Waals surface area contributed by atoms with Gasteiger partial charge in [-0.1, -0.05) is 0 Å². The summed E-state index contributed by atoms with van der Waals surface area (Å²) in [6.07, 6.45) is -1.97. The maximum Gasteiger partial charge on any atom is 0.416 e. The number of amides is 4. The summed E-state index contributed by atoms with van der Waals surface area (Å²) in [6, 6.07) is 0.424. The Morgan fingerprint density at radius 1 is 1.08 bits per heavy atom. The molecule has 0 bridgehead atoms. The molecule has 1 saturated heterocycles. The lowest BCUT2D eigenvalue weighted by Crippen LogP contribution is -2.50. The number of nitrogens with zero attached hydrogens (tertiary/aromatic N) is 3. The van der Waals surface area contributed by atoms with Crippen molar-refractivity contribution in [2.24, 2.45) is 0 Å². The molecule has 0 aliphatic carbocycles. The van der Waals surface area contributed by atoms with Crippen LogP contribution < -0.4 is 10.7 Å². The van der Waals surface area contributed by atoms with E-state index in [9.17, 15) is 36.3 Å². The molecule has 13 heteroatoms. The van der Waals surface area contributed by atoms with Gasteiger partial charge in [0, 0.05) is 30.4 Å². The highest BCUT2D eigenvalue weighted by molar-refractivity contribution is 5.96. The summed E-state index contributed by atoms with van der Waals surface area (Å²) in [4.78, 5) is 43.6. The quantitative estimate of drug-likeness (QED) is 0.419. The summed E-state index contributed by atoms with van der Waals surface area (Å²) in [5.41, 5.74) is 0.0770. The van der Waals surface area contributed by atoms with Crippen LogP contribution in [-0.2, 0) is 6.18 Å². The fourth-order valence-corrected chi connectivity index (χ4v) is 4.35. The Labute approximate surface area is 216 Å². The monoisotopic (exact) mass is 541 g/mol. The molecule has 2 N–H and O–H groups in total. The van der Waals surface area contributed by atoms with Gasteiger partial charge in [-0.2, -0.15) is 13.2 Å². The van der Waals surface area contributed by atoms with Gasteiger partial charge in [-0.05, 0) is 64.8 Å². The number of pyridine rings is 1. The number of hydrogen-bond acceptors (Lipinski definition) is 4. The number of halogens is 5. The van der Waals surface area contributed by atoms with Gasteiger partial charge < -0.3 is 10.2 Å². The van der Waals surface area contributed by atoms with Crippen LogP contribution in [0.4, 0.5) is 26.7 Å². The summed E-state index contributed by atoms with van der Waals surface area (Å²) < 4.78 is 67.5. The second-order valence-corrected chi connectivity index (χ2v) is 9.16. The van der Waals surface area contributed by atoms with Crippen LogP contribution >= 0.6 is 0 Å². The predicted octanol–water partition coefficient (Wildman–Crippen LogP) is 4.83. The maximum atomic E-state index is 14.8. The third-order valence-electron chi connectivity index (χ3n) is 6.33. The second kappa shape index (κ2) is 11.3. The number of benzene rings is 1. The highest BCUT2D eigenvalue weighted by atomic mass is 19.4. The zero-order valence-electron chi connectivity index (χ0n) is 21.2. The Morgan fingerprint density at radius 2 is 1.71 bits per heavy atom. The number of alkyl halides is 3. The molecule has 1 aromatic heterocycles. The van der Waals surface area contributed by atoms with E-state index >= 15 is 0 Å². The first-order chi connectivity index (χ1) is 17.7. The molecule has 0 saturated carbocycles. The Balaban J connectivity index is 1.68. The first kappa shape index (κ1) is 28.8. The minimum atomic E-state index is -4.88. The molecule has 1 aliphatic heterocycles. The number of aromatic nitrogens is 1. The van der Waals surface area contributed by atoms with E-state index in [1.807, 2.05) is 13.8 Å². The van der Waals surface area contributed by atoms with Crippen LogP contribution in [0.25, 0.3) is 0 Å². The first-order valence-electron chi connectivity index (χ1n) is 12.0. The lowest BCUT2D eigenvalue weighted by atomic mass is 10.1. The van der Waals surface area contributed by atoms with E-state index in [4.69, 9.17) is 0 Å². The Bertz CT molecular complexity index is 1210. The number of likely N-dealkylation sites (tertiary alicyclic amines) is 1. The summed E-state index contributed by atoms with van der Waals surface area (Å²) in [7, 11) is 0. The number of hydrazine groups is 1. The molecule has 38 heavy (non-hydrogen) atoms. The number of nitrogens with one attached hydrogen (secondary N) is 2. The highest BCUT2D eigenvalue weighted by Crippen LogP contribution is 2.31. The summed E-state index contributed by atoms with van der Waals surface area (Å²) in [6.45, 7) is 6.51. The lowest BCUT2D eigenvalue weighted by molar-refractivity contribution is -0.137. The molecule has 206 valence electrons. The van der Waals surface area contributed by atoms with Crippen LogP contribution in [0.1, 0.15) is 78.6 Å². The van der Waals surface area contributed by atoms with Crippen molar-refractivity contribution in [2.45, 2.75) is 64.8 Å². The Morgan fingerprint density at radius 3 is 2.26 bits per heavy atom. The third-order valence-corrected chi connectivity index (χ3v) is 6.33. The van der Waals surface area contributed by atoms with Crippen molar-refractivity contribution >= 4 is 17.8 Å². The molecule has 8 nitrogen and oxygen atoms in total. The number of hydrogen-bond donors (Lipinski definition) is 2. The molecule has 2 aromatic rings. The van der Waals surface area contributed by atoms with E-state index < -0.39 is 46.9 Å². The van der Waals surface area contributed by atoms with Crippen LogP contribution in [0.5, 0.6) is 0 Å². The average Bonchev–Trinajstić information content (AvgIpc) is 3.18. The molecule has 2 heterocycles. The molecular weight excluding hydrogens is 513 g/mol. The van der Waals surface area contributed by atoms with Crippen LogP contribution in [0, 0.1) is 11.6 Å². The Hall–Kier alpha value is -3.77. The van der Waals surface area contributed by atoms with Crippen LogP contribution in [0.15, 0.2) is 30.5 Å². The van der Waals surface area contributed by atoms with Gasteiger partial charge in [-0.15, -0.1) is 0 Å². The fraction of sp³-hybridized carbons (Fsp3) is 0.440. The standard InChI is InChI=1S/C25H28F5N5O3/c1-5-34(22(36)16-8-18(25(28,29)30)11-19(26)9-16)33-24(38)32-15(4)21-20(27)10-17(12-31-21)23(37)35-13(2)6-7-14(35)3/h8-15H,5-7H2,1-4H3,(H2,32,33,38)/t13-,14+,15-/m1/s1. The van der Waals surface area contributed by atoms with Crippen LogP contribution in [0.3, 0.4) is 0 Å². The molecule has 4 amide bonds. The zero-order chi connectivity index (χ0) is 28.4. The normalized spacial score (nSPS) is 18.2. The first-order valence-corrected chi connectivity index (χ1v) is 12.0. The van der Waals surface area contributed by atoms with Gasteiger partial charge in [0.05, 0.1) is 22.9 Å². The highest BCUT2D eigenvalue weighted by Gasteiger charge is 2.34. The SMILES string of the molecule is CCN(NC(=O)N[C@H](C)c1ncc(C(=O)N2[C@H](C)CC[C@@H]2C)cc1F)C(=O)c1cc(F)cc(C(F)(F)F)c1. The number of urea groups is 1. The van der Waals surface area contributed by atoms with Crippen molar-refractivity contribution in [3.05, 3.63) is 64.5 Å². The van der Waals surface area contributed by atoms with Crippen LogP contribution in [-0.4, -0.2) is 51.4 Å². The van der Waals surface area contributed by atoms with Gasteiger partial charge in [-0.3, -0.25) is 14.6 Å². The van der Waals surface area contributed by atoms with Crippen molar-refractivity contribution in [1.29, 1.82) is 0 Å². The van der Waals surface area contributed by atoms with Crippen molar-refractivity contribution in [1.82, 2.24) is 25.6 Å². The maximum absolute atomic E-state index is 14.8. The minimum absolute atomic E-state index is 0.0150. The summed E-state index contributed by atoms with van der Waals surface area (Å²) in [5, 5.41) is 3.06. The van der Waals surface area contributed by atoms with Gasteiger partial charge in [-0.25, -0.2) is 24.0 Å². The smallest absolute Gasteiger partial charge is 0.333 e. The van der Waals surface area contributed by atoms with Gasteiger partial charge in [0.1, 0.15) is 11.6 Å². The summed E-state index contributed by atoms with van der Waals surface area (Å²) >= 11 is 0. The summed E-state index contributed by atoms with van der Waals surface area (Å²) in [5.74, 6) is -3.53. The average molecular weight is 542 g/mol. The molecule has 0 radical (unpaired) electrons. The van der Waals surface area contributed by atoms with Crippen molar-refractivity contribution < 1.29 is 36.3 Å². The third kappa shape index (κ3) is 6.37. The van der Waals surface area contributed by atoms with E-state index in [1.165, 1.54) is 20.0 Å². The van der Waals surface area contributed by atoms with E-state index in [1.54, 1.807) is 4.90 Å². The number of carbonyl (C=O) groups is 3. The molecule has 0 spiro atoms. The van der Waals surface area contributed by atoms with Crippen molar-refractivity contribution in [2.75, 3.05) is 6.54 Å². The predicted molar refractivity (Wildman–Crippen MR) is 127 cm³/mol. The lowest BCUT2D eigenvalue weighted by Gasteiger charge is -2.26. The van der Waals surface area contributed by atoms with Gasteiger partial charge in [0.25, 0.3) is 11.8 Å². The Kier molecular flexibility index (Phi) is 8.58. The topological polar surface area (TPSA) is 94.6 Å².